The molecule has 1 rings (SSSR count). The normalized spacial score (nSPS) is 13.9. The van der Waals surface area contributed by atoms with E-state index in [9.17, 15) is 4.79 Å². The molecule has 20 heavy (non-hydrogen) atoms. The smallest absolute Gasteiger partial charge is 0.315 e. The molecule has 0 fully saturated rings. The van der Waals surface area contributed by atoms with Gasteiger partial charge in [0.15, 0.2) is 0 Å². The third-order valence-electron chi connectivity index (χ3n) is 3.55. The van der Waals surface area contributed by atoms with Crippen molar-refractivity contribution < 1.29 is 9.53 Å². The Bertz CT molecular complexity index is 434. The first-order valence-corrected chi connectivity index (χ1v) is 7.14. The van der Waals surface area contributed by atoms with Crippen molar-refractivity contribution in [2.24, 2.45) is 11.8 Å². The van der Waals surface area contributed by atoms with Gasteiger partial charge in [-0.1, -0.05) is 50.3 Å². The molecule has 1 aromatic rings. The molecule has 2 nitrogen and oxygen atoms in total. The molecule has 0 saturated carbocycles. The number of ether oxygens (including phenoxy) is 1. The van der Waals surface area contributed by atoms with E-state index in [4.69, 9.17) is 4.74 Å². The SMILES string of the molecule is C=CC(C)C(C)CC/C=C/OC(=O)Cc1ccccc1. The summed E-state index contributed by atoms with van der Waals surface area (Å²) in [6.45, 7) is 8.18. The average molecular weight is 272 g/mol. The first-order valence-electron chi connectivity index (χ1n) is 7.14. The lowest BCUT2D eigenvalue weighted by Gasteiger charge is -2.14. The van der Waals surface area contributed by atoms with Crippen LogP contribution >= 0.6 is 0 Å². The van der Waals surface area contributed by atoms with Crippen molar-refractivity contribution >= 4 is 5.97 Å². The summed E-state index contributed by atoms with van der Waals surface area (Å²) in [6.07, 6.45) is 7.70. The molecule has 0 aliphatic rings. The predicted octanol–water partition coefficient (Wildman–Crippen LogP) is 4.52. The van der Waals surface area contributed by atoms with Crippen molar-refractivity contribution in [3.05, 3.63) is 60.9 Å². The summed E-state index contributed by atoms with van der Waals surface area (Å²) in [6, 6.07) is 9.61. The lowest BCUT2D eigenvalue weighted by Crippen LogP contribution is -2.05. The molecule has 0 bridgehead atoms. The Morgan fingerprint density at radius 2 is 2.00 bits per heavy atom. The zero-order valence-corrected chi connectivity index (χ0v) is 12.4. The van der Waals surface area contributed by atoms with Crippen LogP contribution in [0.15, 0.2) is 55.3 Å². The van der Waals surface area contributed by atoms with Crippen molar-refractivity contribution in [3.8, 4) is 0 Å². The molecule has 0 radical (unpaired) electrons. The van der Waals surface area contributed by atoms with E-state index >= 15 is 0 Å². The molecule has 2 unspecified atom stereocenters. The minimum absolute atomic E-state index is 0.222. The number of esters is 1. The van der Waals surface area contributed by atoms with Crippen LogP contribution in [-0.2, 0) is 16.0 Å². The van der Waals surface area contributed by atoms with Gasteiger partial charge in [0.1, 0.15) is 0 Å². The summed E-state index contributed by atoms with van der Waals surface area (Å²) in [7, 11) is 0. The maximum absolute atomic E-state index is 11.6. The molecule has 0 saturated heterocycles. The molecule has 0 aromatic heterocycles. The average Bonchev–Trinajstić information content (AvgIpc) is 2.46. The van der Waals surface area contributed by atoms with Gasteiger partial charge in [-0.2, -0.15) is 0 Å². The van der Waals surface area contributed by atoms with Crippen molar-refractivity contribution in [1.29, 1.82) is 0 Å². The van der Waals surface area contributed by atoms with Crippen LogP contribution in [0.3, 0.4) is 0 Å². The minimum Gasteiger partial charge on any atom is -0.435 e. The number of allylic oxidation sites excluding steroid dienone is 2. The van der Waals surface area contributed by atoms with Crippen molar-refractivity contribution in [3.63, 3.8) is 0 Å². The first kappa shape index (κ1) is 16.2. The van der Waals surface area contributed by atoms with Crippen molar-refractivity contribution in [2.75, 3.05) is 0 Å². The van der Waals surface area contributed by atoms with Gasteiger partial charge in [0, 0.05) is 0 Å². The Hall–Kier alpha value is -1.83. The van der Waals surface area contributed by atoms with E-state index < -0.39 is 0 Å². The van der Waals surface area contributed by atoms with Crippen LogP contribution in [0.1, 0.15) is 32.3 Å². The number of rotatable bonds is 8. The minimum atomic E-state index is -0.222. The largest absolute Gasteiger partial charge is 0.435 e. The summed E-state index contributed by atoms with van der Waals surface area (Å²) < 4.78 is 5.07. The third-order valence-corrected chi connectivity index (χ3v) is 3.55. The van der Waals surface area contributed by atoms with Crippen molar-refractivity contribution in [2.45, 2.75) is 33.1 Å². The number of carbonyl (C=O) groups is 1. The fraction of sp³-hybridized carbons (Fsp3) is 0.389. The van der Waals surface area contributed by atoms with E-state index in [1.54, 1.807) is 0 Å². The van der Waals surface area contributed by atoms with E-state index in [0.717, 1.165) is 18.4 Å². The van der Waals surface area contributed by atoms with Gasteiger partial charge in [-0.25, -0.2) is 0 Å². The van der Waals surface area contributed by atoms with Gasteiger partial charge in [0.05, 0.1) is 12.7 Å². The maximum Gasteiger partial charge on any atom is 0.315 e. The monoisotopic (exact) mass is 272 g/mol. The predicted molar refractivity (Wildman–Crippen MR) is 83.1 cm³/mol. The highest BCUT2D eigenvalue weighted by Crippen LogP contribution is 2.17. The highest BCUT2D eigenvalue weighted by molar-refractivity contribution is 5.73. The Balaban J connectivity index is 2.21. The second kappa shape index (κ2) is 9.13. The van der Waals surface area contributed by atoms with Crippen LogP contribution in [0.2, 0.25) is 0 Å². The van der Waals surface area contributed by atoms with E-state index in [1.165, 1.54) is 6.26 Å². The molecular formula is C18H24O2. The number of carbonyl (C=O) groups excluding carboxylic acids is 1. The van der Waals surface area contributed by atoms with Gasteiger partial charge in [-0.05, 0) is 36.3 Å². The fourth-order valence-corrected chi connectivity index (χ4v) is 1.85. The Labute approximate surface area is 122 Å². The van der Waals surface area contributed by atoms with E-state index in [1.807, 2.05) is 42.5 Å². The zero-order chi connectivity index (χ0) is 14.8. The van der Waals surface area contributed by atoms with Gasteiger partial charge in [0.2, 0.25) is 0 Å². The number of hydrogen-bond donors (Lipinski definition) is 0. The molecule has 0 spiro atoms. The second-order valence-corrected chi connectivity index (χ2v) is 5.17. The van der Waals surface area contributed by atoms with Crippen LogP contribution in [0, 0.1) is 11.8 Å². The molecule has 0 amide bonds. The molecule has 0 aliphatic carbocycles. The van der Waals surface area contributed by atoms with Gasteiger partial charge >= 0.3 is 5.97 Å². The maximum atomic E-state index is 11.6. The lowest BCUT2D eigenvalue weighted by atomic mass is 9.92. The summed E-state index contributed by atoms with van der Waals surface area (Å²) in [4.78, 5) is 11.6. The van der Waals surface area contributed by atoms with Gasteiger partial charge in [-0.15, -0.1) is 6.58 Å². The number of hydrogen-bond acceptors (Lipinski definition) is 2. The fourth-order valence-electron chi connectivity index (χ4n) is 1.85. The van der Waals surface area contributed by atoms with Crippen LogP contribution < -0.4 is 0 Å². The topological polar surface area (TPSA) is 26.3 Å². The second-order valence-electron chi connectivity index (χ2n) is 5.17. The molecule has 0 N–H and O–H groups in total. The lowest BCUT2D eigenvalue weighted by molar-refractivity contribution is -0.137. The van der Waals surface area contributed by atoms with E-state index in [0.29, 0.717) is 18.3 Å². The van der Waals surface area contributed by atoms with Crippen LogP contribution in [0.5, 0.6) is 0 Å². The summed E-state index contributed by atoms with van der Waals surface area (Å²) in [5, 5.41) is 0. The van der Waals surface area contributed by atoms with Crippen LogP contribution in [-0.4, -0.2) is 5.97 Å². The zero-order valence-electron chi connectivity index (χ0n) is 12.4. The number of benzene rings is 1. The van der Waals surface area contributed by atoms with Gasteiger partial charge in [-0.3, -0.25) is 4.79 Å². The van der Waals surface area contributed by atoms with Crippen molar-refractivity contribution in [1.82, 2.24) is 0 Å². The molecule has 108 valence electrons. The summed E-state index contributed by atoms with van der Waals surface area (Å²) in [5.41, 5.74) is 0.972. The molecule has 1 aromatic carbocycles. The molecule has 2 atom stereocenters. The van der Waals surface area contributed by atoms with Gasteiger partial charge in [0.25, 0.3) is 0 Å². The first-order chi connectivity index (χ1) is 9.63. The third kappa shape index (κ3) is 6.37. The Morgan fingerprint density at radius 3 is 2.65 bits per heavy atom. The quantitative estimate of drug-likeness (QED) is 0.395. The molecule has 2 heteroatoms. The van der Waals surface area contributed by atoms with E-state index in [2.05, 4.69) is 20.4 Å². The highest BCUT2D eigenvalue weighted by Gasteiger charge is 2.07. The van der Waals surface area contributed by atoms with Crippen LogP contribution in [0.4, 0.5) is 0 Å². The standard InChI is InChI=1S/C18H24O2/c1-4-15(2)16(3)10-8-9-13-20-18(19)14-17-11-6-5-7-12-17/h4-7,9,11-13,15-16H,1,8,10,14H2,2-3H3/b13-9+. The molecule has 0 aliphatic heterocycles. The Morgan fingerprint density at radius 1 is 1.30 bits per heavy atom. The van der Waals surface area contributed by atoms with Gasteiger partial charge < -0.3 is 4.74 Å². The highest BCUT2D eigenvalue weighted by atomic mass is 16.5. The Kier molecular flexibility index (Phi) is 7.41. The van der Waals surface area contributed by atoms with E-state index in [-0.39, 0.29) is 5.97 Å². The summed E-state index contributed by atoms with van der Waals surface area (Å²) in [5.74, 6) is 0.890. The summed E-state index contributed by atoms with van der Waals surface area (Å²) >= 11 is 0. The van der Waals surface area contributed by atoms with Crippen LogP contribution in [0.25, 0.3) is 0 Å². The molecule has 0 heterocycles. The molecular weight excluding hydrogens is 248 g/mol.